The first kappa shape index (κ1) is 14.8. The highest BCUT2D eigenvalue weighted by atomic mass is 16.6. The zero-order chi connectivity index (χ0) is 15.6. The summed E-state index contributed by atoms with van der Waals surface area (Å²) in [5, 5.41) is 16.4. The van der Waals surface area contributed by atoms with Crippen LogP contribution in [-0.4, -0.2) is 48.3 Å². The molecule has 1 heterocycles. The summed E-state index contributed by atoms with van der Waals surface area (Å²) in [6, 6.07) is 3.66. The second-order valence-corrected chi connectivity index (χ2v) is 4.81. The van der Waals surface area contributed by atoms with Crippen molar-refractivity contribution in [3.8, 4) is 0 Å². The van der Waals surface area contributed by atoms with Gasteiger partial charge in [0.1, 0.15) is 11.7 Å². The zero-order valence-corrected chi connectivity index (χ0v) is 11.8. The molecule has 1 fully saturated rings. The molecule has 2 rings (SSSR count). The molecular formula is C13H16N4O4. The third-order valence-electron chi connectivity index (χ3n) is 3.44. The maximum Gasteiger partial charge on any atom is 0.293 e. The van der Waals surface area contributed by atoms with Gasteiger partial charge in [0.2, 0.25) is 5.91 Å². The standard InChI is InChI=1S/C13H16N4O4/c1-14-12(18)8-3-4-9(11(7-8)17(20)21)15-10-5-6-16(2)13(10)19/h3-4,7,10,15H,5-6H2,1-2H3,(H,14,18). The van der Waals surface area contributed by atoms with Gasteiger partial charge in [-0.15, -0.1) is 0 Å². The minimum absolute atomic E-state index is 0.0975. The van der Waals surface area contributed by atoms with Crippen molar-refractivity contribution in [1.29, 1.82) is 0 Å². The lowest BCUT2D eigenvalue weighted by molar-refractivity contribution is -0.384. The molecule has 8 nitrogen and oxygen atoms in total. The lowest BCUT2D eigenvalue weighted by atomic mass is 10.1. The lowest BCUT2D eigenvalue weighted by Crippen LogP contribution is -2.31. The molecule has 1 saturated heterocycles. The zero-order valence-electron chi connectivity index (χ0n) is 11.8. The van der Waals surface area contributed by atoms with Gasteiger partial charge in [0.15, 0.2) is 0 Å². The van der Waals surface area contributed by atoms with Gasteiger partial charge in [0, 0.05) is 32.3 Å². The molecule has 0 aliphatic carbocycles. The van der Waals surface area contributed by atoms with Crippen LogP contribution in [0.5, 0.6) is 0 Å². The van der Waals surface area contributed by atoms with Crippen molar-refractivity contribution in [2.45, 2.75) is 12.5 Å². The Bertz CT molecular complexity index is 602. The molecule has 2 amide bonds. The number of amides is 2. The van der Waals surface area contributed by atoms with E-state index in [2.05, 4.69) is 10.6 Å². The van der Waals surface area contributed by atoms with Gasteiger partial charge in [-0.05, 0) is 18.6 Å². The summed E-state index contributed by atoms with van der Waals surface area (Å²) >= 11 is 0. The molecule has 112 valence electrons. The van der Waals surface area contributed by atoms with Crippen LogP contribution in [0.3, 0.4) is 0 Å². The van der Waals surface area contributed by atoms with Crippen LogP contribution in [0.1, 0.15) is 16.8 Å². The molecule has 0 aromatic heterocycles. The van der Waals surface area contributed by atoms with E-state index < -0.39 is 16.9 Å². The normalized spacial score (nSPS) is 17.7. The van der Waals surface area contributed by atoms with Gasteiger partial charge in [-0.2, -0.15) is 0 Å². The molecule has 1 unspecified atom stereocenters. The number of hydrogen-bond donors (Lipinski definition) is 2. The highest BCUT2D eigenvalue weighted by Crippen LogP contribution is 2.27. The summed E-state index contributed by atoms with van der Waals surface area (Å²) in [5.41, 5.74) is 0.212. The minimum Gasteiger partial charge on any atom is -0.368 e. The van der Waals surface area contributed by atoms with Crippen LogP contribution < -0.4 is 10.6 Å². The fraction of sp³-hybridized carbons (Fsp3) is 0.385. The van der Waals surface area contributed by atoms with E-state index in [-0.39, 0.29) is 22.8 Å². The van der Waals surface area contributed by atoms with Crippen LogP contribution >= 0.6 is 0 Å². The molecule has 1 aromatic carbocycles. The molecule has 0 radical (unpaired) electrons. The van der Waals surface area contributed by atoms with Crippen molar-refractivity contribution in [1.82, 2.24) is 10.2 Å². The largest absolute Gasteiger partial charge is 0.368 e. The molecule has 0 bridgehead atoms. The Morgan fingerprint density at radius 2 is 2.19 bits per heavy atom. The van der Waals surface area contributed by atoms with E-state index in [1.807, 2.05) is 0 Å². The monoisotopic (exact) mass is 292 g/mol. The maximum absolute atomic E-state index is 11.8. The molecular weight excluding hydrogens is 276 g/mol. The van der Waals surface area contributed by atoms with Gasteiger partial charge in [0.05, 0.1) is 4.92 Å². The molecule has 8 heteroatoms. The van der Waals surface area contributed by atoms with E-state index >= 15 is 0 Å². The van der Waals surface area contributed by atoms with E-state index in [9.17, 15) is 19.7 Å². The van der Waals surface area contributed by atoms with Gasteiger partial charge < -0.3 is 15.5 Å². The Kier molecular flexibility index (Phi) is 4.06. The van der Waals surface area contributed by atoms with Crippen LogP contribution in [0.25, 0.3) is 0 Å². The van der Waals surface area contributed by atoms with Crippen molar-refractivity contribution in [2.24, 2.45) is 0 Å². The second-order valence-electron chi connectivity index (χ2n) is 4.81. The van der Waals surface area contributed by atoms with Gasteiger partial charge in [-0.1, -0.05) is 0 Å². The summed E-state index contributed by atoms with van der Waals surface area (Å²) in [6.45, 7) is 0.612. The number of likely N-dealkylation sites (tertiary alicyclic amines) is 1. The van der Waals surface area contributed by atoms with Crippen LogP contribution in [0, 0.1) is 10.1 Å². The topological polar surface area (TPSA) is 105 Å². The molecule has 1 aromatic rings. The Labute approximate surface area is 121 Å². The summed E-state index contributed by atoms with van der Waals surface area (Å²) in [4.78, 5) is 35.5. The summed E-state index contributed by atoms with van der Waals surface area (Å²) in [7, 11) is 3.14. The first-order valence-electron chi connectivity index (χ1n) is 6.46. The Hall–Kier alpha value is -2.64. The second kappa shape index (κ2) is 5.78. The minimum atomic E-state index is -0.572. The Morgan fingerprint density at radius 1 is 1.48 bits per heavy atom. The number of carbonyl (C=O) groups is 2. The van der Waals surface area contributed by atoms with Crippen LogP contribution in [0.2, 0.25) is 0 Å². The number of rotatable bonds is 4. The average Bonchev–Trinajstić information content (AvgIpc) is 2.78. The summed E-state index contributed by atoms with van der Waals surface area (Å²) < 4.78 is 0. The number of carbonyl (C=O) groups excluding carboxylic acids is 2. The molecule has 2 N–H and O–H groups in total. The highest BCUT2D eigenvalue weighted by Gasteiger charge is 2.30. The number of nitro benzene ring substituents is 1. The van der Waals surface area contributed by atoms with Crippen molar-refractivity contribution in [3.63, 3.8) is 0 Å². The Morgan fingerprint density at radius 3 is 2.71 bits per heavy atom. The summed E-state index contributed by atoms with van der Waals surface area (Å²) in [5.74, 6) is -0.499. The number of anilines is 1. The van der Waals surface area contributed by atoms with Crippen molar-refractivity contribution in [3.05, 3.63) is 33.9 Å². The average molecular weight is 292 g/mol. The highest BCUT2D eigenvalue weighted by molar-refractivity contribution is 5.96. The number of likely N-dealkylation sites (N-methyl/N-ethyl adjacent to an activating group) is 1. The van der Waals surface area contributed by atoms with Crippen molar-refractivity contribution >= 4 is 23.2 Å². The predicted molar refractivity (Wildman–Crippen MR) is 76.2 cm³/mol. The van der Waals surface area contributed by atoms with Crippen LogP contribution in [0.4, 0.5) is 11.4 Å². The smallest absolute Gasteiger partial charge is 0.293 e. The lowest BCUT2D eigenvalue weighted by Gasteiger charge is -2.14. The molecule has 1 aliphatic heterocycles. The van der Waals surface area contributed by atoms with Gasteiger partial charge in [0.25, 0.3) is 11.6 Å². The van der Waals surface area contributed by atoms with E-state index in [4.69, 9.17) is 0 Å². The number of benzene rings is 1. The SMILES string of the molecule is CNC(=O)c1ccc(NC2CCN(C)C2=O)c([N+](=O)[O-])c1. The quantitative estimate of drug-likeness (QED) is 0.624. The van der Waals surface area contributed by atoms with E-state index in [0.717, 1.165) is 0 Å². The van der Waals surface area contributed by atoms with E-state index in [1.165, 1.54) is 25.2 Å². The maximum atomic E-state index is 11.8. The van der Waals surface area contributed by atoms with Gasteiger partial charge in [-0.3, -0.25) is 19.7 Å². The number of nitrogens with one attached hydrogen (secondary N) is 2. The van der Waals surface area contributed by atoms with Gasteiger partial charge >= 0.3 is 0 Å². The molecule has 0 saturated carbocycles. The molecule has 0 spiro atoms. The number of nitrogens with zero attached hydrogens (tertiary/aromatic N) is 2. The predicted octanol–water partition coefficient (Wildman–Crippen LogP) is 0.597. The number of nitro groups is 1. The molecule has 1 atom stereocenters. The first-order chi connectivity index (χ1) is 9.93. The number of hydrogen-bond acceptors (Lipinski definition) is 5. The third-order valence-corrected chi connectivity index (χ3v) is 3.44. The fourth-order valence-electron chi connectivity index (χ4n) is 2.23. The molecule has 21 heavy (non-hydrogen) atoms. The summed E-state index contributed by atoms with van der Waals surface area (Å²) in [6.07, 6.45) is 0.587. The van der Waals surface area contributed by atoms with Crippen molar-refractivity contribution in [2.75, 3.05) is 26.0 Å². The Balaban J connectivity index is 2.29. The molecule has 1 aliphatic rings. The third kappa shape index (κ3) is 2.93. The van der Waals surface area contributed by atoms with E-state index in [1.54, 1.807) is 11.9 Å². The van der Waals surface area contributed by atoms with Gasteiger partial charge in [-0.25, -0.2) is 0 Å². The van der Waals surface area contributed by atoms with Crippen LogP contribution in [0.15, 0.2) is 18.2 Å². The first-order valence-corrected chi connectivity index (χ1v) is 6.46. The van der Waals surface area contributed by atoms with Crippen LogP contribution in [-0.2, 0) is 4.79 Å². The van der Waals surface area contributed by atoms with E-state index in [0.29, 0.717) is 13.0 Å². The fourth-order valence-corrected chi connectivity index (χ4v) is 2.23. The van der Waals surface area contributed by atoms with Crippen molar-refractivity contribution < 1.29 is 14.5 Å².